The summed E-state index contributed by atoms with van der Waals surface area (Å²) >= 11 is 0. The molecule has 30 heavy (non-hydrogen) atoms. The van der Waals surface area contributed by atoms with Gasteiger partial charge < -0.3 is 15.1 Å². The second kappa shape index (κ2) is 8.69. The van der Waals surface area contributed by atoms with E-state index in [1.54, 1.807) is 41.6 Å². The molecular formula is C22H20FN5O2. The lowest BCUT2D eigenvalue weighted by atomic mass is 10.2. The number of carbonyl (C=O) groups is 2. The number of pyridine rings is 2. The molecule has 0 atom stereocenters. The molecule has 3 heterocycles. The SMILES string of the molecule is O=C(Nc1ccc(N2CCN(C(=O)c3ccccn3)CC2)nc1)c1ccc(F)cc1. The van der Waals surface area contributed by atoms with Crippen molar-refractivity contribution in [2.24, 2.45) is 0 Å². The van der Waals surface area contributed by atoms with Crippen molar-refractivity contribution in [1.82, 2.24) is 14.9 Å². The van der Waals surface area contributed by atoms with Crippen LogP contribution >= 0.6 is 0 Å². The van der Waals surface area contributed by atoms with E-state index in [0.717, 1.165) is 5.82 Å². The highest BCUT2D eigenvalue weighted by Crippen LogP contribution is 2.18. The topological polar surface area (TPSA) is 78.4 Å². The second-order valence-electron chi connectivity index (χ2n) is 6.86. The van der Waals surface area contributed by atoms with Gasteiger partial charge in [-0.2, -0.15) is 0 Å². The van der Waals surface area contributed by atoms with Crippen molar-refractivity contribution in [3.63, 3.8) is 0 Å². The Bertz CT molecular complexity index is 1020. The summed E-state index contributed by atoms with van der Waals surface area (Å²) in [6.45, 7) is 2.49. The molecule has 152 valence electrons. The van der Waals surface area contributed by atoms with Crippen LogP contribution in [-0.4, -0.2) is 52.9 Å². The van der Waals surface area contributed by atoms with Crippen molar-refractivity contribution in [1.29, 1.82) is 0 Å². The van der Waals surface area contributed by atoms with Crippen LogP contribution in [0.3, 0.4) is 0 Å². The highest BCUT2D eigenvalue weighted by atomic mass is 19.1. The van der Waals surface area contributed by atoms with Gasteiger partial charge in [-0.15, -0.1) is 0 Å². The van der Waals surface area contributed by atoms with Gasteiger partial charge in [-0.1, -0.05) is 6.07 Å². The van der Waals surface area contributed by atoms with Gasteiger partial charge in [-0.05, 0) is 48.5 Å². The predicted molar refractivity (Wildman–Crippen MR) is 111 cm³/mol. The number of piperazine rings is 1. The summed E-state index contributed by atoms with van der Waals surface area (Å²) in [5.41, 5.74) is 1.37. The first-order valence-electron chi connectivity index (χ1n) is 9.58. The van der Waals surface area contributed by atoms with Crippen LogP contribution in [0.15, 0.2) is 67.0 Å². The molecule has 2 amide bonds. The average molecular weight is 405 g/mol. The van der Waals surface area contributed by atoms with Gasteiger partial charge in [0.15, 0.2) is 0 Å². The summed E-state index contributed by atoms with van der Waals surface area (Å²) in [6, 6.07) is 14.3. The number of amides is 2. The maximum Gasteiger partial charge on any atom is 0.272 e. The van der Waals surface area contributed by atoms with Crippen LogP contribution in [0, 0.1) is 5.82 Å². The van der Waals surface area contributed by atoms with Gasteiger partial charge in [0.05, 0.1) is 11.9 Å². The Kier molecular flexibility index (Phi) is 5.65. The number of aromatic nitrogens is 2. The zero-order chi connectivity index (χ0) is 20.9. The number of benzene rings is 1. The molecule has 1 aromatic carbocycles. The van der Waals surface area contributed by atoms with E-state index in [9.17, 15) is 14.0 Å². The second-order valence-corrected chi connectivity index (χ2v) is 6.86. The van der Waals surface area contributed by atoms with Crippen molar-refractivity contribution in [2.45, 2.75) is 0 Å². The summed E-state index contributed by atoms with van der Waals surface area (Å²) in [7, 11) is 0. The number of anilines is 2. The monoisotopic (exact) mass is 405 g/mol. The molecule has 1 aliphatic heterocycles. The van der Waals surface area contributed by atoms with Crippen molar-refractivity contribution >= 4 is 23.3 Å². The zero-order valence-electron chi connectivity index (χ0n) is 16.2. The number of nitrogens with zero attached hydrogens (tertiary/aromatic N) is 4. The molecule has 1 fully saturated rings. The number of halogens is 1. The molecular weight excluding hydrogens is 385 g/mol. The standard InChI is InChI=1S/C22H20FN5O2/c23-17-6-4-16(5-7-17)21(29)26-18-8-9-20(25-15-18)27-11-13-28(14-12-27)22(30)19-3-1-2-10-24-19/h1-10,15H,11-14H2,(H,26,29). The molecule has 0 aliphatic carbocycles. The van der Waals surface area contributed by atoms with Crippen LogP contribution in [0.5, 0.6) is 0 Å². The van der Waals surface area contributed by atoms with Crippen molar-refractivity contribution in [3.8, 4) is 0 Å². The molecule has 1 aliphatic rings. The Labute approximate surface area is 173 Å². The number of carbonyl (C=O) groups excluding carboxylic acids is 2. The van der Waals surface area contributed by atoms with Gasteiger partial charge in [0, 0.05) is 37.9 Å². The highest BCUT2D eigenvalue weighted by Gasteiger charge is 2.23. The van der Waals surface area contributed by atoms with Gasteiger partial charge in [0.1, 0.15) is 17.3 Å². The number of rotatable bonds is 4. The van der Waals surface area contributed by atoms with Crippen LogP contribution in [0.25, 0.3) is 0 Å². The molecule has 3 aromatic rings. The number of nitrogens with one attached hydrogen (secondary N) is 1. The minimum absolute atomic E-state index is 0.0675. The first-order chi connectivity index (χ1) is 14.6. The Hall–Kier alpha value is -3.81. The molecule has 0 saturated carbocycles. The lowest BCUT2D eigenvalue weighted by molar-refractivity contribution is 0.0740. The molecule has 7 nitrogen and oxygen atoms in total. The summed E-state index contributed by atoms with van der Waals surface area (Å²) in [6.07, 6.45) is 3.20. The lowest BCUT2D eigenvalue weighted by Gasteiger charge is -2.35. The lowest BCUT2D eigenvalue weighted by Crippen LogP contribution is -2.49. The van der Waals surface area contributed by atoms with Crippen LogP contribution < -0.4 is 10.2 Å². The van der Waals surface area contributed by atoms with Crippen molar-refractivity contribution in [3.05, 3.63) is 84.1 Å². The molecule has 0 spiro atoms. The zero-order valence-corrected chi connectivity index (χ0v) is 16.2. The maximum atomic E-state index is 13.0. The van der Waals surface area contributed by atoms with E-state index >= 15 is 0 Å². The Balaban J connectivity index is 1.33. The predicted octanol–water partition coefficient (Wildman–Crippen LogP) is 2.83. The van der Waals surface area contributed by atoms with E-state index in [-0.39, 0.29) is 17.6 Å². The Morgan fingerprint density at radius 3 is 2.30 bits per heavy atom. The van der Waals surface area contributed by atoms with Crippen molar-refractivity contribution in [2.75, 3.05) is 36.4 Å². The fourth-order valence-corrected chi connectivity index (χ4v) is 3.24. The third-order valence-corrected chi connectivity index (χ3v) is 4.89. The van der Waals surface area contributed by atoms with Crippen LogP contribution in [0.2, 0.25) is 0 Å². The highest BCUT2D eigenvalue weighted by molar-refractivity contribution is 6.04. The quantitative estimate of drug-likeness (QED) is 0.722. The van der Waals surface area contributed by atoms with Gasteiger partial charge >= 0.3 is 0 Å². The van der Waals surface area contributed by atoms with E-state index in [0.29, 0.717) is 43.1 Å². The number of hydrogen-bond donors (Lipinski definition) is 1. The molecule has 0 unspecified atom stereocenters. The first-order valence-corrected chi connectivity index (χ1v) is 9.58. The fraction of sp³-hybridized carbons (Fsp3) is 0.182. The van der Waals surface area contributed by atoms with Crippen LogP contribution in [-0.2, 0) is 0 Å². The molecule has 8 heteroatoms. The molecule has 4 rings (SSSR count). The van der Waals surface area contributed by atoms with E-state index < -0.39 is 0 Å². The Morgan fingerprint density at radius 2 is 1.67 bits per heavy atom. The van der Waals surface area contributed by atoms with Crippen molar-refractivity contribution < 1.29 is 14.0 Å². The van der Waals surface area contributed by atoms with Gasteiger partial charge in [-0.3, -0.25) is 14.6 Å². The van der Waals surface area contributed by atoms with Gasteiger partial charge in [0.25, 0.3) is 11.8 Å². The largest absolute Gasteiger partial charge is 0.353 e. The van der Waals surface area contributed by atoms with Crippen LogP contribution in [0.4, 0.5) is 15.9 Å². The van der Waals surface area contributed by atoms with Gasteiger partial charge in [-0.25, -0.2) is 9.37 Å². The Morgan fingerprint density at radius 1 is 0.900 bits per heavy atom. The smallest absolute Gasteiger partial charge is 0.272 e. The third-order valence-electron chi connectivity index (χ3n) is 4.89. The molecule has 1 N–H and O–H groups in total. The molecule has 0 bridgehead atoms. The minimum Gasteiger partial charge on any atom is -0.353 e. The third kappa shape index (κ3) is 4.43. The fourth-order valence-electron chi connectivity index (χ4n) is 3.24. The van der Waals surface area contributed by atoms with E-state index in [4.69, 9.17) is 0 Å². The summed E-state index contributed by atoms with van der Waals surface area (Å²) in [5.74, 6) is -0.00706. The number of hydrogen-bond acceptors (Lipinski definition) is 5. The van der Waals surface area contributed by atoms with E-state index in [1.165, 1.54) is 24.3 Å². The maximum absolute atomic E-state index is 13.0. The van der Waals surface area contributed by atoms with Crippen LogP contribution in [0.1, 0.15) is 20.8 Å². The van der Waals surface area contributed by atoms with Gasteiger partial charge in [0.2, 0.25) is 0 Å². The van der Waals surface area contributed by atoms with E-state index in [2.05, 4.69) is 20.2 Å². The minimum atomic E-state index is -0.389. The molecule has 1 saturated heterocycles. The average Bonchev–Trinajstić information content (AvgIpc) is 2.80. The summed E-state index contributed by atoms with van der Waals surface area (Å²) in [5, 5.41) is 2.75. The molecule has 2 aromatic heterocycles. The van der Waals surface area contributed by atoms with E-state index in [1.807, 2.05) is 6.07 Å². The normalized spacial score (nSPS) is 13.8. The molecule has 0 radical (unpaired) electrons. The first kappa shape index (κ1) is 19.5. The summed E-state index contributed by atoms with van der Waals surface area (Å²) < 4.78 is 13.0. The summed E-state index contributed by atoms with van der Waals surface area (Å²) in [4.78, 5) is 37.1.